The highest BCUT2D eigenvalue weighted by molar-refractivity contribution is 6.08. The molecule has 112 valence electrons. The summed E-state index contributed by atoms with van der Waals surface area (Å²) in [5, 5.41) is 2.05. The molecule has 5 nitrogen and oxygen atoms in total. The number of hydrogen-bond donors (Lipinski definition) is 0. The fourth-order valence-corrected chi connectivity index (χ4v) is 2.64. The molecule has 22 heavy (non-hydrogen) atoms. The standard InChI is InChI=1S/C17H15NO4/c1-10-4-7-15-14(8-10)13-9-11(17(20)21-2)5-6-12(13)16(19)18(15)22-3/h4-9H,1-3H3. The van der Waals surface area contributed by atoms with Gasteiger partial charge in [0.05, 0.1) is 23.6 Å². The molecule has 0 N–H and O–H groups in total. The van der Waals surface area contributed by atoms with Gasteiger partial charge in [0.25, 0.3) is 5.56 Å². The molecule has 0 saturated heterocycles. The largest absolute Gasteiger partial charge is 0.465 e. The van der Waals surface area contributed by atoms with Gasteiger partial charge in [0, 0.05) is 5.39 Å². The lowest BCUT2D eigenvalue weighted by Gasteiger charge is -2.12. The third-order valence-corrected chi connectivity index (χ3v) is 3.70. The monoisotopic (exact) mass is 297 g/mol. The van der Waals surface area contributed by atoms with Crippen LogP contribution in [-0.4, -0.2) is 24.9 Å². The SMILES string of the molecule is COC(=O)c1ccc2c(=O)n(OC)c3ccc(C)cc3c2c1. The van der Waals surface area contributed by atoms with Crippen LogP contribution in [0.3, 0.4) is 0 Å². The number of methoxy groups -OCH3 is 1. The van der Waals surface area contributed by atoms with Crippen LogP contribution < -0.4 is 10.4 Å². The molecule has 3 aromatic rings. The Hall–Kier alpha value is -2.82. The van der Waals surface area contributed by atoms with Crippen molar-refractivity contribution in [2.45, 2.75) is 6.92 Å². The highest BCUT2D eigenvalue weighted by atomic mass is 16.6. The van der Waals surface area contributed by atoms with Crippen molar-refractivity contribution in [2.24, 2.45) is 0 Å². The lowest BCUT2D eigenvalue weighted by molar-refractivity contribution is 0.0601. The Morgan fingerprint density at radius 2 is 1.77 bits per heavy atom. The molecule has 0 fully saturated rings. The fraction of sp³-hybridized carbons (Fsp3) is 0.176. The van der Waals surface area contributed by atoms with Crippen LogP contribution in [0.2, 0.25) is 0 Å². The second kappa shape index (κ2) is 5.18. The zero-order chi connectivity index (χ0) is 15.9. The molecule has 0 aliphatic heterocycles. The summed E-state index contributed by atoms with van der Waals surface area (Å²) < 4.78 is 6.01. The van der Waals surface area contributed by atoms with Crippen LogP contribution in [0, 0.1) is 6.92 Å². The van der Waals surface area contributed by atoms with Gasteiger partial charge in [-0.1, -0.05) is 11.6 Å². The molecule has 2 aromatic carbocycles. The van der Waals surface area contributed by atoms with Gasteiger partial charge in [-0.3, -0.25) is 4.79 Å². The number of aromatic nitrogens is 1. The molecule has 0 amide bonds. The van der Waals surface area contributed by atoms with Crippen LogP contribution in [0.4, 0.5) is 0 Å². The van der Waals surface area contributed by atoms with Crippen molar-refractivity contribution in [3.05, 3.63) is 57.9 Å². The average Bonchev–Trinajstić information content (AvgIpc) is 2.54. The Labute approximate surface area is 126 Å². The molecule has 0 bridgehead atoms. The Kier molecular flexibility index (Phi) is 3.33. The molecule has 0 aliphatic carbocycles. The average molecular weight is 297 g/mol. The molecule has 0 spiro atoms. The lowest BCUT2D eigenvalue weighted by atomic mass is 10.0. The van der Waals surface area contributed by atoms with E-state index in [0.717, 1.165) is 10.9 Å². The number of ether oxygens (including phenoxy) is 1. The summed E-state index contributed by atoms with van der Waals surface area (Å²) in [6.45, 7) is 1.97. The van der Waals surface area contributed by atoms with Crippen LogP contribution >= 0.6 is 0 Å². The summed E-state index contributed by atoms with van der Waals surface area (Å²) in [6.07, 6.45) is 0. The number of carbonyl (C=O) groups excluding carboxylic acids is 1. The van der Waals surface area contributed by atoms with E-state index in [-0.39, 0.29) is 5.56 Å². The number of pyridine rings is 1. The summed E-state index contributed by atoms with van der Waals surface area (Å²) in [5.74, 6) is -0.432. The first-order chi connectivity index (χ1) is 10.6. The van der Waals surface area contributed by atoms with E-state index in [1.54, 1.807) is 18.2 Å². The Morgan fingerprint density at radius 1 is 1.00 bits per heavy atom. The Balaban J connectivity index is 2.52. The summed E-state index contributed by atoms with van der Waals surface area (Å²) in [5.41, 5.74) is 1.86. The Morgan fingerprint density at radius 3 is 2.45 bits per heavy atom. The summed E-state index contributed by atoms with van der Waals surface area (Å²) in [7, 11) is 2.78. The molecular weight excluding hydrogens is 282 g/mol. The number of hydrogen-bond acceptors (Lipinski definition) is 4. The zero-order valence-electron chi connectivity index (χ0n) is 12.5. The first kappa shape index (κ1) is 14.1. The first-order valence-electron chi connectivity index (χ1n) is 6.78. The molecule has 1 heterocycles. The van der Waals surface area contributed by atoms with Crippen molar-refractivity contribution in [3.8, 4) is 0 Å². The molecule has 0 saturated carbocycles. The first-order valence-corrected chi connectivity index (χ1v) is 6.78. The lowest BCUT2D eigenvalue weighted by Crippen LogP contribution is -2.25. The normalized spacial score (nSPS) is 10.9. The van der Waals surface area contributed by atoms with E-state index in [0.29, 0.717) is 21.9 Å². The number of esters is 1. The van der Waals surface area contributed by atoms with Gasteiger partial charge in [-0.15, -0.1) is 4.73 Å². The van der Waals surface area contributed by atoms with Gasteiger partial charge in [0.15, 0.2) is 0 Å². The maximum absolute atomic E-state index is 12.5. The topological polar surface area (TPSA) is 57.5 Å². The van der Waals surface area contributed by atoms with Gasteiger partial charge in [-0.2, -0.15) is 0 Å². The van der Waals surface area contributed by atoms with E-state index >= 15 is 0 Å². The van der Waals surface area contributed by atoms with Gasteiger partial charge in [0.1, 0.15) is 7.11 Å². The van der Waals surface area contributed by atoms with E-state index < -0.39 is 5.97 Å². The number of carbonyl (C=O) groups is 1. The van der Waals surface area contributed by atoms with Crippen LogP contribution in [0.1, 0.15) is 15.9 Å². The third kappa shape index (κ3) is 2.02. The van der Waals surface area contributed by atoms with E-state index in [1.165, 1.54) is 19.0 Å². The zero-order valence-corrected chi connectivity index (χ0v) is 12.5. The Bertz CT molecular complexity index is 956. The molecule has 3 rings (SSSR count). The van der Waals surface area contributed by atoms with Crippen molar-refractivity contribution in [2.75, 3.05) is 14.2 Å². The number of nitrogens with zero attached hydrogens (tertiary/aromatic N) is 1. The van der Waals surface area contributed by atoms with Crippen molar-refractivity contribution >= 4 is 27.6 Å². The second-order valence-corrected chi connectivity index (χ2v) is 5.05. The van der Waals surface area contributed by atoms with Crippen LogP contribution in [0.25, 0.3) is 21.7 Å². The minimum atomic E-state index is -0.432. The van der Waals surface area contributed by atoms with Crippen LogP contribution in [0.15, 0.2) is 41.2 Å². The molecular formula is C17H15NO4. The van der Waals surface area contributed by atoms with Gasteiger partial charge in [-0.05, 0) is 42.6 Å². The number of fused-ring (bicyclic) bond motifs is 3. The molecule has 1 aromatic heterocycles. The maximum atomic E-state index is 12.5. The van der Waals surface area contributed by atoms with Crippen molar-refractivity contribution in [1.82, 2.24) is 4.73 Å². The summed E-state index contributed by atoms with van der Waals surface area (Å²) >= 11 is 0. The van der Waals surface area contributed by atoms with Crippen molar-refractivity contribution < 1.29 is 14.4 Å². The number of aryl methyl sites for hydroxylation is 1. The number of rotatable bonds is 2. The predicted molar refractivity (Wildman–Crippen MR) is 84.3 cm³/mol. The van der Waals surface area contributed by atoms with Gasteiger partial charge in [-0.25, -0.2) is 4.79 Å². The predicted octanol–water partition coefficient (Wildman–Crippen LogP) is 2.31. The van der Waals surface area contributed by atoms with E-state index in [2.05, 4.69) is 0 Å². The minimum absolute atomic E-state index is 0.259. The van der Waals surface area contributed by atoms with Gasteiger partial charge < -0.3 is 9.57 Å². The quantitative estimate of drug-likeness (QED) is 0.538. The molecule has 0 unspecified atom stereocenters. The smallest absolute Gasteiger partial charge is 0.337 e. The summed E-state index contributed by atoms with van der Waals surface area (Å²) in [4.78, 5) is 29.5. The van der Waals surface area contributed by atoms with E-state index in [1.807, 2.05) is 25.1 Å². The maximum Gasteiger partial charge on any atom is 0.337 e. The van der Waals surface area contributed by atoms with E-state index in [9.17, 15) is 9.59 Å². The highest BCUT2D eigenvalue weighted by Crippen LogP contribution is 2.25. The van der Waals surface area contributed by atoms with E-state index in [4.69, 9.17) is 9.57 Å². The van der Waals surface area contributed by atoms with Crippen LogP contribution in [0.5, 0.6) is 0 Å². The molecule has 0 radical (unpaired) electrons. The van der Waals surface area contributed by atoms with Crippen molar-refractivity contribution in [3.63, 3.8) is 0 Å². The van der Waals surface area contributed by atoms with Gasteiger partial charge in [0.2, 0.25) is 0 Å². The fourth-order valence-electron chi connectivity index (χ4n) is 2.64. The molecule has 0 atom stereocenters. The van der Waals surface area contributed by atoms with Crippen LogP contribution in [-0.2, 0) is 4.74 Å². The second-order valence-electron chi connectivity index (χ2n) is 5.05. The van der Waals surface area contributed by atoms with Crippen molar-refractivity contribution in [1.29, 1.82) is 0 Å². The molecule has 5 heteroatoms. The molecule has 0 aliphatic rings. The van der Waals surface area contributed by atoms with Gasteiger partial charge >= 0.3 is 5.97 Å². The highest BCUT2D eigenvalue weighted by Gasteiger charge is 2.14. The minimum Gasteiger partial charge on any atom is -0.465 e. The summed E-state index contributed by atoms with van der Waals surface area (Å²) in [6, 6.07) is 10.6. The number of benzene rings is 2. The third-order valence-electron chi connectivity index (χ3n) is 3.70.